The van der Waals surface area contributed by atoms with Gasteiger partial charge in [0, 0.05) is 24.6 Å². The van der Waals surface area contributed by atoms with Crippen LogP contribution in [0.3, 0.4) is 0 Å². The number of carbonyl (C=O) groups excluding carboxylic acids is 1. The van der Waals surface area contributed by atoms with E-state index in [2.05, 4.69) is 10.1 Å². The molecule has 5 rings (SSSR count). The number of fused-ring (bicyclic) bond motifs is 1. The van der Waals surface area contributed by atoms with Gasteiger partial charge < -0.3 is 23.6 Å². The molecule has 3 heterocycles. The number of piperidine rings is 1. The van der Waals surface area contributed by atoms with Crippen LogP contribution in [0.25, 0.3) is 11.4 Å². The lowest BCUT2D eigenvalue weighted by Gasteiger charge is -2.30. The van der Waals surface area contributed by atoms with E-state index in [1.165, 1.54) is 0 Å². The largest absolute Gasteiger partial charge is 0.493 e. The Morgan fingerprint density at radius 3 is 2.77 bits per heavy atom. The summed E-state index contributed by atoms with van der Waals surface area (Å²) in [6.45, 7) is 3.92. The van der Waals surface area contributed by atoms with Crippen LogP contribution in [-0.4, -0.2) is 47.4 Å². The molecule has 3 aromatic rings. The van der Waals surface area contributed by atoms with E-state index in [1.54, 1.807) is 0 Å². The van der Waals surface area contributed by atoms with Crippen LogP contribution in [0.5, 0.6) is 17.2 Å². The van der Waals surface area contributed by atoms with Crippen molar-refractivity contribution < 1.29 is 23.5 Å². The van der Waals surface area contributed by atoms with Gasteiger partial charge in [0.25, 0.3) is 5.91 Å². The molecule has 160 valence electrons. The first-order chi connectivity index (χ1) is 15.2. The molecule has 1 aromatic heterocycles. The lowest BCUT2D eigenvalue weighted by molar-refractivity contribution is 0.0700. The van der Waals surface area contributed by atoms with Crippen molar-refractivity contribution in [3.63, 3.8) is 0 Å². The molecular weight excluding hydrogens is 398 g/mol. The van der Waals surface area contributed by atoms with Crippen LogP contribution >= 0.6 is 0 Å². The molecule has 2 aliphatic rings. The highest BCUT2D eigenvalue weighted by atomic mass is 16.7. The monoisotopic (exact) mass is 421 g/mol. The van der Waals surface area contributed by atoms with Gasteiger partial charge in [0.05, 0.1) is 12.2 Å². The highest BCUT2D eigenvalue weighted by molar-refractivity contribution is 5.97. The number of hydrogen-bond donors (Lipinski definition) is 0. The number of hydrogen-bond acceptors (Lipinski definition) is 7. The first-order valence-corrected chi connectivity index (χ1v) is 10.5. The van der Waals surface area contributed by atoms with E-state index in [0.29, 0.717) is 48.5 Å². The molecule has 1 saturated heterocycles. The van der Waals surface area contributed by atoms with Gasteiger partial charge in [-0.3, -0.25) is 4.79 Å². The molecule has 0 atom stereocenters. The molecule has 31 heavy (non-hydrogen) atoms. The molecule has 0 bridgehead atoms. The normalized spacial score (nSPS) is 15.8. The van der Waals surface area contributed by atoms with Gasteiger partial charge in [-0.05, 0) is 50.1 Å². The van der Waals surface area contributed by atoms with Crippen LogP contribution in [0.15, 0.2) is 47.0 Å². The summed E-state index contributed by atoms with van der Waals surface area (Å²) in [5.74, 6) is 3.28. The molecule has 1 amide bonds. The third kappa shape index (κ3) is 3.81. The molecule has 0 spiro atoms. The fourth-order valence-corrected chi connectivity index (χ4v) is 3.98. The van der Waals surface area contributed by atoms with Gasteiger partial charge in [-0.25, -0.2) is 0 Å². The second-order valence-corrected chi connectivity index (χ2v) is 7.52. The molecule has 8 heteroatoms. The van der Waals surface area contributed by atoms with E-state index in [9.17, 15) is 4.79 Å². The minimum atomic E-state index is -0.00548. The van der Waals surface area contributed by atoms with Gasteiger partial charge in [0.15, 0.2) is 11.5 Å². The zero-order valence-corrected chi connectivity index (χ0v) is 17.2. The van der Waals surface area contributed by atoms with Gasteiger partial charge >= 0.3 is 0 Å². The van der Waals surface area contributed by atoms with E-state index in [4.69, 9.17) is 18.7 Å². The molecule has 0 saturated carbocycles. The number of carbonyl (C=O) groups is 1. The highest BCUT2D eigenvalue weighted by Crippen LogP contribution is 2.36. The summed E-state index contributed by atoms with van der Waals surface area (Å²) >= 11 is 0. The molecule has 2 aliphatic heterocycles. The van der Waals surface area contributed by atoms with Crippen molar-refractivity contribution in [3.05, 3.63) is 53.9 Å². The summed E-state index contributed by atoms with van der Waals surface area (Å²) in [5, 5.41) is 4.14. The fourth-order valence-electron chi connectivity index (χ4n) is 3.98. The van der Waals surface area contributed by atoms with Crippen molar-refractivity contribution in [2.24, 2.45) is 0 Å². The number of benzene rings is 2. The lowest BCUT2D eigenvalue weighted by Crippen LogP contribution is -2.38. The van der Waals surface area contributed by atoms with Crippen LogP contribution in [0.4, 0.5) is 0 Å². The van der Waals surface area contributed by atoms with Crippen LogP contribution in [0.2, 0.25) is 0 Å². The maximum Gasteiger partial charge on any atom is 0.257 e. The first kappa shape index (κ1) is 19.4. The summed E-state index contributed by atoms with van der Waals surface area (Å²) in [4.78, 5) is 19.5. The Kier molecular flexibility index (Phi) is 5.19. The minimum absolute atomic E-state index is 0.00548. The van der Waals surface area contributed by atoms with Crippen LogP contribution in [0.1, 0.15) is 41.9 Å². The van der Waals surface area contributed by atoms with E-state index in [0.717, 1.165) is 24.2 Å². The van der Waals surface area contributed by atoms with Crippen LogP contribution in [-0.2, 0) is 0 Å². The summed E-state index contributed by atoms with van der Waals surface area (Å²) in [6, 6.07) is 13.0. The van der Waals surface area contributed by atoms with Crippen molar-refractivity contribution in [3.8, 4) is 28.6 Å². The molecule has 0 aliphatic carbocycles. The molecule has 1 fully saturated rings. The Hall–Kier alpha value is -3.55. The molecule has 0 unspecified atom stereocenters. The minimum Gasteiger partial charge on any atom is -0.493 e. The van der Waals surface area contributed by atoms with Crippen LogP contribution in [0, 0.1) is 0 Å². The number of aromatic nitrogens is 2. The Morgan fingerprint density at radius 2 is 1.94 bits per heavy atom. The quantitative estimate of drug-likeness (QED) is 0.618. The maximum absolute atomic E-state index is 13.0. The zero-order chi connectivity index (χ0) is 21.2. The molecule has 0 radical (unpaired) electrons. The van der Waals surface area contributed by atoms with E-state index >= 15 is 0 Å². The zero-order valence-electron chi connectivity index (χ0n) is 17.2. The predicted molar refractivity (Wildman–Crippen MR) is 111 cm³/mol. The summed E-state index contributed by atoms with van der Waals surface area (Å²) in [7, 11) is 0. The van der Waals surface area contributed by atoms with E-state index in [1.807, 2.05) is 54.3 Å². The Bertz CT molecular complexity index is 1090. The Labute approximate surface area is 179 Å². The molecule has 2 aromatic carbocycles. The average molecular weight is 421 g/mol. The number of nitrogens with zero attached hydrogens (tertiary/aromatic N) is 3. The lowest BCUT2D eigenvalue weighted by atomic mass is 9.96. The second kappa shape index (κ2) is 8.29. The predicted octanol–water partition coefficient (Wildman–Crippen LogP) is 3.88. The van der Waals surface area contributed by atoms with Crippen molar-refractivity contribution in [1.82, 2.24) is 15.0 Å². The van der Waals surface area contributed by atoms with Gasteiger partial charge in [-0.2, -0.15) is 4.98 Å². The van der Waals surface area contributed by atoms with Gasteiger partial charge in [0.1, 0.15) is 5.75 Å². The third-order valence-electron chi connectivity index (χ3n) is 5.62. The van der Waals surface area contributed by atoms with Crippen molar-refractivity contribution in [2.45, 2.75) is 25.7 Å². The van der Waals surface area contributed by atoms with Gasteiger partial charge in [0.2, 0.25) is 18.5 Å². The van der Waals surface area contributed by atoms with Crippen molar-refractivity contribution in [2.75, 3.05) is 26.5 Å². The topological polar surface area (TPSA) is 86.9 Å². The summed E-state index contributed by atoms with van der Waals surface area (Å²) < 4.78 is 21.9. The highest BCUT2D eigenvalue weighted by Gasteiger charge is 2.29. The third-order valence-corrected chi connectivity index (χ3v) is 5.62. The van der Waals surface area contributed by atoms with Crippen LogP contribution < -0.4 is 14.2 Å². The van der Waals surface area contributed by atoms with Crippen molar-refractivity contribution >= 4 is 5.91 Å². The van der Waals surface area contributed by atoms with E-state index < -0.39 is 0 Å². The molecular formula is C23H23N3O5. The summed E-state index contributed by atoms with van der Waals surface area (Å²) in [5.41, 5.74) is 1.42. The number of ether oxygens (including phenoxy) is 3. The SMILES string of the molecule is CCOc1ccccc1C(=O)N1CCC(c2nc(-c3ccc4c(c3)OCO4)no2)CC1. The maximum atomic E-state index is 13.0. The second-order valence-electron chi connectivity index (χ2n) is 7.52. The number of para-hydroxylation sites is 1. The number of rotatable bonds is 5. The van der Waals surface area contributed by atoms with Gasteiger partial charge in [-0.1, -0.05) is 17.3 Å². The molecule has 8 nitrogen and oxygen atoms in total. The van der Waals surface area contributed by atoms with Crippen molar-refractivity contribution in [1.29, 1.82) is 0 Å². The number of amides is 1. The number of likely N-dealkylation sites (tertiary alicyclic amines) is 1. The van der Waals surface area contributed by atoms with Gasteiger partial charge in [-0.15, -0.1) is 0 Å². The average Bonchev–Trinajstić information content (AvgIpc) is 3.49. The van der Waals surface area contributed by atoms with E-state index in [-0.39, 0.29) is 18.6 Å². The standard InChI is InChI=1S/C23H23N3O5/c1-2-28-18-6-4-3-5-17(18)23(27)26-11-9-15(10-12-26)22-24-21(25-31-22)16-7-8-19-20(13-16)30-14-29-19/h3-8,13,15H,2,9-12,14H2,1H3. The smallest absolute Gasteiger partial charge is 0.257 e. The molecule has 0 N–H and O–H groups in total. The summed E-state index contributed by atoms with van der Waals surface area (Å²) in [6.07, 6.45) is 1.54. The fraction of sp³-hybridized carbons (Fsp3) is 0.348. The first-order valence-electron chi connectivity index (χ1n) is 10.5. The Balaban J connectivity index is 1.25. The Morgan fingerprint density at radius 1 is 1.13 bits per heavy atom.